The van der Waals surface area contributed by atoms with Crippen molar-refractivity contribution < 1.29 is 8.42 Å². The summed E-state index contributed by atoms with van der Waals surface area (Å²) in [6, 6.07) is 6.80. The van der Waals surface area contributed by atoms with Crippen LogP contribution in [-0.2, 0) is 10.0 Å². The molecule has 0 saturated carbocycles. The number of nitrogens with zero attached hydrogens (tertiary/aromatic N) is 2. The fourth-order valence-electron chi connectivity index (χ4n) is 2.52. The number of piperidine rings is 1. The standard InChI is InChI=1S/C14H21N3O2S2/c1-16(2)12-6-4-8-17(10-12)21(18,19)13-7-3-5-11(9-13)14(15)20/h3,5,7,9,12H,4,6,8,10H2,1-2H3,(H2,15,20). The summed E-state index contributed by atoms with van der Waals surface area (Å²) in [5.41, 5.74) is 6.16. The van der Waals surface area contributed by atoms with Crippen molar-refractivity contribution in [3.8, 4) is 0 Å². The van der Waals surface area contributed by atoms with Gasteiger partial charge in [0.2, 0.25) is 10.0 Å². The Kier molecular flexibility index (Phi) is 4.98. The number of sulfonamides is 1. The number of hydrogen-bond donors (Lipinski definition) is 1. The van der Waals surface area contributed by atoms with Crippen LogP contribution in [0.4, 0.5) is 0 Å². The number of likely N-dealkylation sites (N-methyl/N-ethyl adjacent to an activating group) is 1. The maximum Gasteiger partial charge on any atom is 0.243 e. The zero-order chi connectivity index (χ0) is 15.6. The fraction of sp³-hybridized carbons (Fsp3) is 0.500. The predicted molar refractivity (Wildman–Crippen MR) is 87.8 cm³/mol. The summed E-state index contributed by atoms with van der Waals surface area (Å²) in [6.07, 6.45) is 1.89. The second kappa shape index (κ2) is 6.39. The molecule has 7 heteroatoms. The highest BCUT2D eigenvalue weighted by Crippen LogP contribution is 2.23. The zero-order valence-electron chi connectivity index (χ0n) is 12.3. The second-order valence-corrected chi connectivity index (χ2v) is 7.89. The van der Waals surface area contributed by atoms with Gasteiger partial charge in [-0.15, -0.1) is 0 Å². The zero-order valence-corrected chi connectivity index (χ0v) is 14.0. The average molecular weight is 327 g/mol. The third-order valence-corrected chi connectivity index (χ3v) is 5.94. The van der Waals surface area contributed by atoms with Gasteiger partial charge in [0.25, 0.3) is 0 Å². The lowest BCUT2D eigenvalue weighted by molar-refractivity contribution is 0.190. The molecule has 0 bridgehead atoms. The van der Waals surface area contributed by atoms with Crippen LogP contribution in [0.25, 0.3) is 0 Å². The van der Waals surface area contributed by atoms with E-state index in [4.69, 9.17) is 18.0 Å². The van der Waals surface area contributed by atoms with E-state index in [2.05, 4.69) is 4.90 Å². The van der Waals surface area contributed by atoms with Crippen LogP contribution in [0.15, 0.2) is 29.2 Å². The highest BCUT2D eigenvalue weighted by molar-refractivity contribution is 7.89. The van der Waals surface area contributed by atoms with Gasteiger partial charge in [0.05, 0.1) is 4.90 Å². The summed E-state index contributed by atoms with van der Waals surface area (Å²) in [6.45, 7) is 1.08. The quantitative estimate of drug-likeness (QED) is 0.837. The highest BCUT2D eigenvalue weighted by Gasteiger charge is 2.31. The summed E-state index contributed by atoms with van der Waals surface area (Å²) in [4.78, 5) is 2.54. The normalized spacial score (nSPS) is 20.6. The van der Waals surface area contributed by atoms with E-state index >= 15 is 0 Å². The average Bonchev–Trinajstić information content (AvgIpc) is 2.47. The van der Waals surface area contributed by atoms with Crippen LogP contribution in [0.5, 0.6) is 0 Å². The minimum Gasteiger partial charge on any atom is -0.389 e. The molecule has 0 amide bonds. The molecule has 2 rings (SSSR count). The van der Waals surface area contributed by atoms with E-state index < -0.39 is 10.0 Å². The van der Waals surface area contributed by atoms with Crippen molar-refractivity contribution >= 4 is 27.2 Å². The van der Waals surface area contributed by atoms with E-state index in [1.165, 1.54) is 0 Å². The lowest BCUT2D eigenvalue weighted by atomic mass is 10.1. The Balaban J connectivity index is 2.29. The van der Waals surface area contributed by atoms with E-state index in [1.54, 1.807) is 28.6 Å². The van der Waals surface area contributed by atoms with E-state index in [0.717, 1.165) is 12.8 Å². The molecule has 0 aliphatic carbocycles. The molecule has 1 aliphatic rings. The number of hydrogen-bond acceptors (Lipinski definition) is 4. The molecule has 1 fully saturated rings. The monoisotopic (exact) mass is 327 g/mol. The van der Waals surface area contributed by atoms with Gasteiger partial charge in [-0.1, -0.05) is 24.4 Å². The summed E-state index contributed by atoms with van der Waals surface area (Å²) in [5.74, 6) is 0. The lowest BCUT2D eigenvalue weighted by Crippen LogP contribution is -2.47. The van der Waals surface area contributed by atoms with Gasteiger partial charge in [0.15, 0.2) is 0 Å². The highest BCUT2D eigenvalue weighted by atomic mass is 32.2. The molecule has 1 saturated heterocycles. The minimum absolute atomic E-state index is 0.205. The van der Waals surface area contributed by atoms with Crippen LogP contribution in [0.1, 0.15) is 18.4 Å². The topological polar surface area (TPSA) is 66.6 Å². The molecule has 116 valence electrons. The van der Waals surface area contributed by atoms with Crippen LogP contribution in [0.2, 0.25) is 0 Å². The molecule has 21 heavy (non-hydrogen) atoms. The van der Waals surface area contributed by atoms with Gasteiger partial charge in [0, 0.05) is 24.7 Å². The Morgan fingerprint density at radius 1 is 1.43 bits per heavy atom. The second-order valence-electron chi connectivity index (χ2n) is 5.51. The van der Waals surface area contributed by atoms with E-state index in [0.29, 0.717) is 18.7 Å². The van der Waals surface area contributed by atoms with Crippen LogP contribution in [0, 0.1) is 0 Å². The van der Waals surface area contributed by atoms with Gasteiger partial charge in [-0.2, -0.15) is 4.31 Å². The van der Waals surface area contributed by atoms with Crippen LogP contribution in [0.3, 0.4) is 0 Å². The molecule has 0 spiro atoms. The van der Waals surface area contributed by atoms with Gasteiger partial charge in [-0.05, 0) is 39.1 Å². The molecule has 0 aromatic heterocycles. The fourth-order valence-corrected chi connectivity index (χ4v) is 4.21. The molecule has 1 atom stereocenters. The van der Waals surface area contributed by atoms with Gasteiger partial charge < -0.3 is 10.6 Å². The molecule has 5 nitrogen and oxygen atoms in total. The van der Waals surface area contributed by atoms with E-state index in [9.17, 15) is 8.42 Å². The van der Waals surface area contributed by atoms with Crippen molar-refractivity contribution in [1.29, 1.82) is 0 Å². The maximum atomic E-state index is 12.8. The maximum absolute atomic E-state index is 12.8. The van der Waals surface area contributed by atoms with Crippen molar-refractivity contribution in [2.45, 2.75) is 23.8 Å². The number of thiocarbonyl (C=S) groups is 1. The number of rotatable bonds is 4. The molecular weight excluding hydrogens is 306 g/mol. The van der Waals surface area contributed by atoms with Crippen molar-refractivity contribution in [1.82, 2.24) is 9.21 Å². The third kappa shape index (κ3) is 3.60. The molecule has 1 aromatic carbocycles. The van der Waals surface area contributed by atoms with Gasteiger partial charge in [0.1, 0.15) is 4.99 Å². The summed E-state index contributed by atoms with van der Waals surface area (Å²) >= 11 is 4.92. The summed E-state index contributed by atoms with van der Waals surface area (Å²) in [7, 11) is 0.468. The SMILES string of the molecule is CN(C)C1CCCN(S(=O)(=O)c2cccc(C(N)=S)c2)C1. The van der Waals surface area contributed by atoms with Crippen molar-refractivity contribution in [2.24, 2.45) is 5.73 Å². The first-order valence-electron chi connectivity index (χ1n) is 6.89. The molecule has 1 aromatic rings. The molecule has 0 radical (unpaired) electrons. The van der Waals surface area contributed by atoms with Crippen LogP contribution < -0.4 is 5.73 Å². The Hall–Kier alpha value is -1.02. The van der Waals surface area contributed by atoms with Gasteiger partial charge >= 0.3 is 0 Å². The molecule has 1 unspecified atom stereocenters. The minimum atomic E-state index is -3.49. The lowest BCUT2D eigenvalue weighted by Gasteiger charge is -2.35. The van der Waals surface area contributed by atoms with Gasteiger partial charge in [-0.3, -0.25) is 0 Å². The summed E-state index contributed by atoms with van der Waals surface area (Å²) in [5, 5.41) is 0. The third-order valence-electron chi connectivity index (χ3n) is 3.85. The Bertz CT molecular complexity index is 629. The molecule has 2 N–H and O–H groups in total. The van der Waals surface area contributed by atoms with Crippen molar-refractivity contribution in [3.63, 3.8) is 0 Å². The number of benzene rings is 1. The first kappa shape index (κ1) is 16.4. The smallest absolute Gasteiger partial charge is 0.243 e. The predicted octanol–water partition coefficient (Wildman–Crippen LogP) is 1.04. The van der Waals surface area contributed by atoms with E-state index in [1.807, 2.05) is 14.1 Å². The first-order valence-corrected chi connectivity index (χ1v) is 8.73. The van der Waals surface area contributed by atoms with Gasteiger partial charge in [-0.25, -0.2) is 8.42 Å². The Labute approximate surface area is 131 Å². The Morgan fingerprint density at radius 3 is 2.76 bits per heavy atom. The van der Waals surface area contributed by atoms with Crippen LogP contribution in [-0.4, -0.2) is 55.8 Å². The summed E-state index contributed by atoms with van der Waals surface area (Å²) < 4.78 is 27.1. The Morgan fingerprint density at radius 2 is 2.14 bits per heavy atom. The molecule has 1 heterocycles. The van der Waals surface area contributed by atoms with Crippen LogP contribution >= 0.6 is 12.2 Å². The van der Waals surface area contributed by atoms with Crippen molar-refractivity contribution in [2.75, 3.05) is 27.2 Å². The largest absolute Gasteiger partial charge is 0.389 e. The first-order chi connectivity index (χ1) is 9.82. The molecular formula is C14H21N3O2S2. The van der Waals surface area contributed by atoms with E-state index in [-0.39, 0.29) is 15.9 Å². The number of nitrogens with two attached hydrogens (primary N) is 1. The van der Waals surface area contributed by atoms with Crippen molar-refractivity contribution in [3.05, 3.63) is 29.8 Å². The molecule has 1 aliphatic heterocycles.